The lowest BCUT2D eigenvalue weighted by Crippen LogP contribution is -2.47. The van der Waals surface area contributed by atoms with Gasteiger partial charge in [-0.05, 0) is 38.6 Å². The zero-order valence-electron chi connectivity index (χ0n) is 15.6. The summed E-state index contributed by atoms with van der Waals surface area (Å²) >= 11 is 0. The SMILES string of the molecule is COC(=O)C(CCCCN)NC(=O)NCCOC(=O)NC1CCCCC1. The molecule has 1 aliphatic rings. The summed E-state index contributed by atoms with van der Waals surface area (Å²) in [6.45, 7) is 0.739. The summed E-state index contributed by atoms with van der Waals surface area (Å²) in [7, 11) is 1.27. The van der Waals surface area contributed by atoms with Gasteiger partial charge < -0.3 is 31.2 Å². The van der Waals surface area contributed by atoms with E-state index in [1.54, 1.807) is 0 Å². The first-order valence-electron chi connectivity index (χ1n) is 9.32. The molecule has 5 N–H and O–H groups in total. The number of hydrogen-bond donors (Lipinski definition) is 4. The average Bonchev–Trinajstić information content (AvgIpc) is 2.64. The smallest absolute Gasteiger partial charge is 0.407 e. The van der Waals surface area contributed by atoms with Crippen LogP contribution < -0.4 is 21.7 Å². The third kappa shape index (κ3) is 9.45. The molecule has 3 amide bonds. The first-order chi connectivity index (χ1) is 12.6. The molecule has 1 fully saturated rings. The van der Waals surface area contributed by atoms with Gasteiger partial charge in [-0.2, -0.15) is 0 Å². The molecule has 1 rings (SSSR count). The highest BCUT2D eigenvalue weighted by Gasteiger charge is 2.21. The molecule has 0 saturated heterocycles. The molecule has 0 spiro atoms. The molecule has 150 valence electrons. The van der Waals surface area contributed by atoms with Gasteiger partial charge >= 0.3 is 18.1 Å². The van der Waals surface area contributed by atoms with Crippen molar-refractivity contribution >= 4 is 18.1 Å². The molecular weight excluding hydrogens is 340 g/mol. The van der Waals surface area contributed by atoms with Gasteiger partial charge in [-0.25, -0.2) is 14.4 Å². The molecule has 1 aliphatic carbocycles. The molecule has 0 heterocycles. The highest BCUT2D eigenvalue weighted by Crippen LogP contribution is 2.17. The maximum Gasteiger partial charge on any atom is 0.407 e. The second-order valence-corrected chi connectivity index (χ2v) is 6.38. The number of carbonyl (C=O) groups excluding carboxylic acids is 3. The van der Waals surface area contributed by atoms with Crippen LogP contribution in [0.1, 0.15) is 51.4 Å². The van der Waals surface area contributed by atoms with Gasteiger partial charge in [0.1, 0.15) is 12.6 Å². The van der Waals surface area contributed by atoms with Crippen molar-refractivity contribution in [2.75, 3.05) is 26.8 Å². The number of ether oxygens (including phenoxy) is 2. The number of rotatable bonds is 10. The number of methoxy groups -OCH3 is 1. The van der Waals surface area contributed by atoms with Crippen molar-refractivity contribution in [3.63, 3.8) is 0 Å². The van der Waals surface area contributed by atoms with Crippen LogP contribution >= 0.6 is 0 Å². The Labute approximate surface area is 154 Å². The van der Waals surface area contributed by atoms with E-state index in [9.17, 15) is 14.4 Å². The molecule has 0 bridgehead atoms. The fourth-order valence-electron chi connectivity index (χ4n) is 2.86. The standard InChI is InChI=1S/C17H32N4O5/c1-25-15(22)14(9-5-6-10-18)21-16(23)19-11-12-26-17(24)20-13-7-3-2-4-8-13/h13-14H,2-12,18H2,1H3,(H,20,24)(H2,19,21,23). The van der Waals surface area contributed by atoms with E-state index in [2.05, 4.69) is 20.7 Å². The second-order valence-electron chi connectivity index (χ2n) is 6.38. The van der Waals surface area contributed by atoms with Crippen molar-refractivity contribution in [1.82, 2.24) is 16.0 Å². The fourth-order valence-corrected chi connectivity index (χ4v) is 2.86. The van der Waals surface area contributed by atoms with Gasteiger partial charge in [0.05, 0.1) is 13.7 Å². The van der Waals surface area contributed by atoms with Crippen molar-refractivity contribution in [2.45, 2.75) is 63.5 Å². The molecule has 1 saturated carbocycles. The summed E-state index contributed by atoms with van der Waals surface area (Å²) in [5.74, 6) is -0.500. The normalized spacial score (nSPS) is 15.6. The predicted octanol–water partition coefficient (Wildman–Crippen LogP) is 1.02. The van der Waals surface area contributed by atoms with Gasteiger partial charge in [0.15, 0.2) is 0 Å². The quantitative estimate of drug-likeness (QED) is 0.334. The van der Waals surface area contributed by atoms with E-state index in [-0.39, 0.29) is 19.2 Å². The van der Waals surface area contributed by atoms with Crippen LogP contribution in [0.3, 0.4) is 0 Å². The van der Waals surface area contributed by atoms with Crippen LogP contribution in [0.2, 0.25) is 0 Å². The van der Waals surface area contributed by atoms with E-state index in [1.807, 2.05) is 0 Å². The molecular formula is C17H32N4O5. The van der Waals surface area contributed by atoms with Crippen molar-refractivity contribution in [2.24, 2.45) is 5.73 Å². The van der Waals surface area contributed by atoms with Gasteiger partial charge in [-0.1, -0.05) is 19.3 Å². The first kappa shape index (κ1) is 22.0. The number of amides is 3. The monoisotopic (exact) mass is 372 g/mol. The molecule has 0 radical (unpaired) electrons. The van der Waals surface area contributed by atoms with Crippen LogP contribution in [-0.2, 0) is 14.3 Å². The zero-order chi connectivity index (χ0) is 19.2. The summed E-state index contributed by atoms with van der Waals surface area (Å²) in [6, 6.07) is -1.05. The number of hydrogen-bond acceptors (Lipinski definition) is 6. The van der Waals surface area contributed by atoms with Crippen LogP contribution in [0.4, 0.5) is 9.59 Å². The molecule has 0 aromatic rings. The summed E-state index contributed by atoms with van der Waals surface area (Å²) in [6.07, 6.45) is 6.89. The molecule has 0 aromatic carbocycles. The molecule has 9 heteroatoms. The third-order valence-electron chi connectivity index (χ3n) is 4.29. The van der Waals surface area contributed by atoms with Gasteiger partial charge in [-0.3, -0.25) is 0 Å². The Balaban J connectivity index is 2.18. The lowest BCUT2D eigenvalue weighted by Gasteiger charge is -2.22. The minimum Gasteiger partial charge on any atom is -0.467 e. The lowest BCUT2D eigenvalue weighted by atomic mass is 9.96. The van der Waals surface area contributed by atoms with Crippen LogP contribution in [0.15, 0.2) is 0 Å². The third-order valence-corrected chi connectivity index (χ3v) is 4.29. The second kappa shape index (κ2) is 13.2. The van der Waals surface area contributed by atoms with E-state index in [0.29, 0.717) is 19.4 Å². The highest BCUT2D eigenvalue weighted by atomic mass is 16.5. The maximum absolute atomic E-state index is 11.9. The van der Waals surface area contributed by atoms with Crippen molar-refractivity contribution in [3.8, 4) is 0 Å². The minimum atomic E-state index is -0.720. The van der Waals surface area contributed by atoms with E-state index >= 15 is 0 Å². The first-order valence-corrected chi connectivity index (χ1v) is 9.32. The number of urea groups is 1. The number of nitrogens with one attached hydrogen (secondary N) is 3. The molecule has 0 aliphatic heterocycles. The summed E-state index contributed by atoms with van der Waals surface area (Å²) < 4.78 is 9.73. The summed E-state index contributed by atoms with van der Waals surface area (Å²) in [5, 5.41) is 7.94. The number of unbranched alkanes of at least 4 members (excludes halogenated alkanes) is 1. The van der Waals surface area contributed by atoms with Gasteiger partial charge in [0.25, 0.3) is 0 Å². The van der Waals surface area contributed by atoms with E-state index in [1.165, 1.54) is 13.5 Å². The van der Waals surface area contributed by atoms with Crippen molar-refractivity contribution in [3.05, 3.63) is 0 Å². The molecule has 1 atom stereocenters. The Morgan fingerprint density at radius 3 is 2.54 bits per heavy atom. The van der Waals surface area contributed by atoms with E-state index in [0.717, 1.165) is 32.1 Å². The van der Waals surface area contributed by atoms with Gasteiger partial charge in [0, 0.05) is 6.04 Å². The predicted molar refractivity (Wildman–Crippen MR) is 96.6 cm³/mol. The molecule has 9 nitrogen and oxygen atoms in total. The van der Waals surface area contributed by atoms with Gasteiger partial charge in [-0.15, -0.1) is 0 Å². The highest BCUT2D eigenvalue weighted by molar-refractivity contribution is 5.83. The van der Waals surface area contributed by atoms with Gasteiger partial charge in [0.2, 0.25) is 0 Å². The molecule has 26 heavy (non-hydrogen) atoms. The average molecular weight is 372 g/mol. The zero-order valence-corrected chi connectivity index (χ0v) is 15.6. The fraction of sp³-hybridized carbons (Fsp3) is 0.824. The van der Waals surface area contributed by atoms with Crippen molar-refractivity contribution in [1.29, 1.82) is 0 Å². The van der Waals surface area contributed by atoms with E-state index in [4.69, 9.17) is 10.5 Å². The summed E-state index contributed by atoms with van der Waals surface area (Å²) in [5.41, 5.74) is 5.43. The maximum atomic E-state index is 11.9. The Hall–Kier alpha value is -2.03. The number of carbonyl (C=O) groups is 3. The van der Waals surface area contributed by atoms with Crippen molar-refractivity contribution < 1.29 is 23.9 Å². The Bertz CT molecular complexity index is 441. The van der Waals surface area contributed by atoms with E-state index < -0.39 is 24.1 Å². The molecule has 0 aromatic heterocycles. The topological polar surface area (TPSA) is 132 Å². The molecule has 1 unspecified atom stereocenters. The Morgan fingerprint density at radius 2 is 1.88 bits per heavy atom. The largest absolute Gasteiger partial charge is 0.467 e. The summed E-state index contributed by atoms with van der Waals surface area (Å²) in [4.78, 5) is 35.2. The minimum absolute atomic E-state index is 0.0576. The number of alkyl carbamates (subject to hydrolysis) is 1. The number of esters is 1. The van der Waals surface area contributed by atoms with Crippen LogP contribution in [-0.4, -0.2) is 57.0 Å². The van der Waals surface area contributed by atoms with Crippen LogP contribution in [0.5, 0.6) is 0 Å². The number of nitrogens with two attached hydrogens (primary N) is 1. The lowest BCUT2D eigenvalue weighted by molar-refractivity contribution is -0.143. The Morgan fingerprint density at radius 1 is 1.15 bits per heavy atom. The van der Waals surface area contributed by atoms with Crippen LogP contribution in [0.25, 0.3) is 0 Å². The van der Waals surface area contributed by atoms with Crippen LogP contribution in [0, 0.1) is 0 Å². The Kier molecular flexibility index (Phi) is 11.2.